The number of carbonyl (C=O) groups excluding carboxylic acids is 1. The van der Waals surface area contributed by atoms with Crippen molar-refractivity contribution in [3.05, 3.63) is 70.8 Å². The predicted octanol–water partition coefficient (Wildman–Crippen LogP) is 2.93. The van der Waals surface area contributed by atoms with Gasteiger partial charge < -0.3 is 20.5 Å². The lowest BCUT2D eigenvalue weighted by Crippen LogP contribution is -2.49. The van der Waals surface area contributed by atoms with Crippen LogP contribution in [0.4, 0.5) is 8.78 Å². The lowest BCUT2D eigenvalue weighted by molar-refractivity contribution is -0.122. The molecule has 0 aliphatic carbocycles. The summed E-state index contributed by atoms with van der Waals surface area (Å²) in [7, 11) is -2.10. The third kappa shape index (κ3) is 9.88. The van der Waals surface area contributed by atoms with Gasteiger partial charge in [0.1, 0.15) is 11.6 Å². The van der Waals surface area contributed by atoms with Crippen LogP contribution < -0.4 is 10.6 Å². The first-order chi connectivity index (χ1) is 19.1. The molecule has 0 spiro atoms. The Morgan fingerprint density at radius 3 is 2.58 bits per heavy atom. The number of aryl methyl sites for hydroxylation is 1. The average molecular weight is 582 g/mol. The SMILES string of the molecule is CCc1cccc(CNC[C@@H](O)[C@H](Cc2cc(F)cc(F)c2)NC(=O)CCS(=O)(=O)N2CCC[C@H]2CCOC)c1. The first-order valence-electron chi connectivity index (χ1n) is 13.8. The summed E-state index contributed by atoms with van der Waals surface area (Å²) in [6.07, 6.45) is 1.57. The van der Waals surface area contributed by atoms with E-state index in [1.807, 2.05) is 18.2 Å². The molecule has 40 heavy (non-hydrogen) atoms. The minimum atomic E-state index is -3.67. The van der Waals surface area contributed by atoms with Crippen molar-refractivity contribution in [1.82, 2.24) is 14.9 Å². The zero-order valence-corrected chi connectivity index (χ0v) is 24.1. The maximum atomic E-state index is 13.8. The molecule has 1 fully saturated rings. The van der Waals surface area contributed by atoms with E-state index in [-0.39, 0.29) is 36.7 Å². The van der Waals surface area contributed by atoms with Crippen LogP contribution in [-0.4, -0.2) is 74.5 Å². The Hall–Kier alpha value is -2.44. The van der Waals surface area contributed by atoms with Gasteiger partial charge in [0.15, 0.2) is 0 Å². The highest BCUT2D eigenvalue weighted by molar-refractivity contribution is 7.89. The number of rotatable bonds is 16. The van der Waals surface area contributed by atoms with Crippen LogP contribution in [0, 0.1) is 11.6 Å². The maximum Gasteiger partial charge on any atom is 0.221 e. The molecule has 0 bridgehead atoms. The number of benzene rings is 2. The predicted molar refractivity (Wildman–Crippen MR) is 150 cm³/mol. The fourth-order valence-corrected chi connectivity index (χ4v) is 6.82. The van der Waals surface area contributed by atoms with E-state index >= 15 is 0 Å². The number of amides is 1. The van der Waals surface area contributed by atoms with Crippen LogP contribution in [0.2, 0.25) is 0 Å². The standard InChI is InChI=1S/C29H41F2N3O5S/c1-3-21-6-4-7-22(14-21)19-32-20-28(35)27(17-23-15-24(30)18-25(31)16-23)33-29(36)10-13-40(37,38)34-11-5-8-26(34)9-12-39-2/h4,6-7,14-16,18,26-28,32,35H,3,5,8-13,17,19-20H2,1-2H3,(H,33,36)/t26-,27-,28+/m0/s1. The Kier molecular flexibility index (Phi) is 12.5. The Bertz CT molecular complexity index is 1190. The van der Waals surface area contributed by atoms with Gasteiger partial charge in [-0.15, -0.1) is 0 Å². The number of hydrogen-bond donors (Lipinski definition) is 3. The van der Waals surface area contributed by atoms with Gasteiger partial charge in [-0.3, -0.25) is 4.79 Å². The molecule has 2 aromatic carbocycles. The van der Waals surface area contributed by atoms with Crippen molar-refractivity contribution >= 4 is 15.9 Å². The Labute approximate surface area is 236 Å². The first-order valence-corrected chi connectivity index (χ1v) is 15.4. The smallest absolute Gasteiger partial charge is 0.221 e. The van der Waals surface area contributed by atoms with Gasteiger partial charge in [-0.25, -0.2) is 17.2 Å². The summed E-state index contributed by atoms with van der Waals surface area (Å²) in [6.45, 7) is 3.52. The number of ether oxygens (including phenoxy) is 1. The second kappa shape index (κ2) is 15.5. The summed E-state index contributed by atoms with van der Waals surface area (Å²) in [6, 6.07) is 10.0. The van der Waals surface area contributed by atoms with E-state index < -0.39 is 39.7 Å². The lowest BCUT2D eigenvalue weighted by Gasteiger charge is -2.26. The number of aliphatic hydroxyl groups excluding tert-OH is 1. The maximum absolute atomic E-state index is 13.8. The van der Waals surface area contributed by atoms with E-state index in [1.54, 1.807) is 7.11 Å². The largest absolute Gasteiger partial charge is 0.390 e. The van der Waals surface area contributed by atoms with Gasteiger partial charge in [0.25, 0.3) is 0 Å². The van der Waals surface area contributed by atoms with Crippen molar-refractivity contribution in [1.29, 1.82) is 0 Å². The third-order valence-corrected chi connectivity index (χ3v) is 9.11. The molecular weight excluding hydrogens is 540 g/mol. The molecular formula is C29H41F2N3O5S. The number of aliphatic hydroxyl groups is 1. The molecule has 1 aliphatic heterocycles. The highest BCUT2D eigenvalue weighted by atomic mass is 32.2. The van der Waals surface area contributed by atoms with Crippen LogP contribution in [-0.2, 0) is 38.9 Å². The van der Waals surface area contributed by atoms with Crippen LogP contribution in [0.5, 0.6) is 0 Å². The fourth-order valence-electron chi connectivity index (χ4n) is 5.07. The highest BCUT2D eigenvalue weighted by Crippen LogP contribution is 2.24. The molecule has 3 atom stereocenters. The van der Waals surface area contributed by atoms with Gasteiger partial charge in [0, 0.05) is 51.9 Å². The second-order valence-corrected chi connectivity index (χ2v) is 12.3. The lowest BCUT2D eigenvalue weighted by atomic mass is 10.0. The summed E-state index contributed by atoms with van der Waals surface area (Å²) in [5.41, 5.74) is 2.49. The topological polar surface area (TPSA) is 108 Å². The van der Waals surface area contributed by atoms with Gasteiger partial charge in [0.05, 0.1) is 17.9 Å². The molecule has 0 unspecified atom stereocenters. The molecule has 3 N–H and O–H groups in total. The van der Waals surface area contributed by atoms with Crippen LogP contribution >= 0.6 is 0 Å². The molecule has 0 aromatic heterocycles. The van der Waals surface area contributed by atoms with E-state index in [2.05, 4.69) is 23.6 Å². The summed E-state index contributed by atoms with van der Waals surface area (Å²) < 4.78 is 60.2. The fraction of sp³-hybridized carbons (Fsp3) is 0.552. The van der Waals surface area contributed by atoms with Gasteiger partial charge in [-0.05, 0) is 60.9 Å². The van der Waals surface area contributed by atoms with Gasteiger partial charge in [-0.1, -0.05) is 31.2 Å². The molecule has 2 aromatic rings. The Morgan fingerprint density at radius 2 is 1.88 bits per heavy atom. The number of nitrogens with zero attached hydrogens (tertiary/aromatic N) is 1. The Balaban J connectivity index is 1.62. The molecule has 1 heterocycles. The molecule has 0 radical (unpaired) electrons. The molecule has 0 saturated carbocycles. The molecule has 1 aliphatic rings. The van der Waals surface area contributed by atoms with Crippen molar-refractivity contribution < 1.29 is 31.8 Å². The van der Waals surface area contributed by atoms with Crippen molar-refractivity contribution in [3.8, 4) is 0 Å². The molecule has 1 saturated heterocycles. The normalized spacial score (nSPS) is 17.6. The average Bonchev–Trinajstić information content (AvgIpc) is 3.40. The molecule has 11 heteroatoms. The summed E-state index contributed by atoms with van der Waals surface area (Å²) in [4.78, 5) is 12.9. The van der Waals surface area contributed by atoms with Crippen molar-refractivity contribution in [3.63, 3.8) is 0 Å². The van der Waals surface area contributed by atoms with Crippen LogP contribution in [0.1, 0.15) is 49.3 Å². The van der Waals surface area contributed by atoms with E-state index in [9.17, 15) is 27.1 Å². The van der Waals surface area contributed by atoms with Gasteiger partial charge in [-0.2, -0.15) is 4.31 Å². The summed E-state index contributed by atoms with van der Waals surface area (Å²) >= 11 is 0. The van der Waals surface area contributed by atoms with E-state index in [4.69, 9.17) is 4.74 Å². The first kappa shape index (κ1) is 32.1. The number of halogens is 2. The molecule has 3 rings (SSSR count). The van der Waals surface area contributed by atoms with Crippen molar-refractivity contribution in [2.75, 3.05) is 32.6 Å². The zero-order chi connectivity index (χ0) is 29.1. The summed E-state index contributed by atoms with van der Waals surface area (Å²) in [5, 5.41) is 16.8. The van der Waals surface area contributed by atoms with E-state index in [0.29, 0.717) is 26.1 Å². The second-order valence-electron chi connectivity index (χ2n) is 10.3. The monoisotopic (exact) mass is 581 g/mol. The molecule has 8 nitrogen and oxygen atoms in total. The third-order valence-electron chi connectivity index (χ3n) is 7.19. The van der Waals surface area contributed by atoms with Crippen LogP contribution in [0.25, 0.3) is 0 Å². The van der Waals surface area contributed by atoms with Gasteiger partial charge in [0.2, 0.25) is 15.9 Å². The van der Waals surface area contributed by atoms with E-state index in [0.717, 1.165) is 43.0 Å². The number of sulfonamides is 1. The highest BCUT2D eigenvalue weighted by Gasteiger charge is 2.34. The van der Waals surface area contributed by atoms with E-state index in [1.165, 1.54) is 9.87 Å². The molecule has 1 amide bonds. The van der Waals surface area contributed by atoms with Crippen LogP contribution in [0.3, 0.4) is 0 Å². The minimum Gasteiger partial charge on any atom is -0.390 e. The zero-order valence-electron chi connectivity index (χ0n) is 23.2. The van der Waals surface area contributed by atoms with Gasteiger partial charge >= 0.3 is 0 Å². The number of nitrogens with one attached hydrogen (secondary N) is 2. The summed E-state index contributed by atoms with van der Waals surface area (Å²) in [5.74, 6) is -2.45. The number of carbonyl (C=O) groups is 1. The number of methoxy groups -OCH3 is 1. The quantitative estimate of drug-likeness (QED) is 0.282. The van der Waals surface area contributed by atoms with Crippen molar-refractivity contribution in [2.45, 2.75) is 70.2 Å². The van der Waals surface area contributed by atoms with Crippen LogP contribution in [0.15, 0.2) is 42.5 Å². The minimum absolute atomic E-state index is 0.0352. The van der Waals surface area contributed by atoms with Crippen molar-refractivity contribution in [2.24, 2.45) is 0 Å². The number of hydrogen-bond acceptors (Lipinski definition) is 6. The Morgan fingerprint density at radius 1 is 1.15 bits per heavy atom. The molecule has 222 valence electrons.